The van der Waals surface area contributed by atoms with E-state index < -0.39 is 11.4 Å². The molecule has 0 radical (unpaired) electrons. The number of rotatable bonds is 8. The molecule has 1 fully saturated rings. The molecule has 0 atom stereocenters. The van der Waals surface area contributed by atoms with E-state index in [-0.39, 0.29) is 24.7 Å². The molecule has 6 nitrogen and oxygen atoms in total. The number of esters is 1. The number of carboxylic acid groups (broad SMARTS) is 1. The number of ether oxygens (including phenoxy) is 1. The van der Waals surface area contributed by atoms with Gasteiger partial charge in [-0.15, -0.1) is 0 Å². The Morgan fingerprint density at radius 1 is 1.25 bits per heavy atom. The van der Waals surface area contributed by atoms with Crippen molar-refractivity contribution in [3.8, 4) is 0 Å². The number of nitrogens with one attached hydrogen (secondary N) is 1. The van der Waals surface area contributed by atoms with Crippen molar-refractivity contribution in [3.05, 3.63) is 0 Å². The molecule has 1 amide bonds. The Kier molecular flexibility index (Phi) is 6.48. The van der Waals surface area contributed by atoms with Gasteiger partial charge in [0.05, 0.1) is 12.0 Å². The highest BCUT2D eigenvalue weighted by Crippen LogP contribution is 2.41. The standard InChI is InChI=1S/C14H23NO5/c1-2-20-12(17)6-5-9-15-11(16)10-14(13(18)19)7-3-4-8-14/h2-10H2,1H3,(H,15,16)(H,18,19). The van der Waals surface area contributed by atoms with Gasteiger partial charge in [0, 0.05) is 19.4 Å². The first-order valence-corrected chi connectivity index (χ1v) is 7.16. The molecule has 0 spiro atoms. The van der Waals surface area contributed by atoms with Gasteiger partial charge in [-0.1, -0.05) is 12.8 Å². The molecule has 0 aliphatic heterocycles. The van der Waals surface area contributed by atoms with Gasteiger partial charge in [-0.25, -0.2) is 0 Å². The second-order valence-electron chi connectivity index (χ2n) is 5.23. The Morgan fingerprint density at radius 2 is 1.90 bits per heavy atom. The lowest BCUT2D eigenvalue weighted by Crippen LogP contribution is -2.36. The maximum Gasteiger partial charge on any atom is 0.310 e. The SMILES string of the molecule is CCOC(=O)CCCNC(=O)CC1(C(=O)O)CCCC1. The number of carboxylic acids is 1. The first-order valence-electron chi connectivity index (χ1n) is 7.16. The minimum atomic E-state index is -0.884. The van der Waals surface area contributed by atoms with Gasteiger partial charge in [-0.05, 0) is 26.2 Å². The average Bonchev–Trinajstić information content (AvgIpc) is 2.85. The molecule has 0 aromatic carbocycles. The predicted octanol–water partition coefficient (Wildman–Crippen LogP) is 1.48. The zero-order valence-electron chi connectivity index (χ0n) is 11.9. The third-order valence-corrected chi connectivity index (χ3v) is 3.70. The van der Waals surface area contributed by atoms with Crippen LogP contribution < -0.4 is 5.32 Å². The normalized spacial score (nSPS) is 16.6. The molecule has 1 rings (SSSR count). The van der Waals surface area contributed by atoms with E-state index >= 15 is 0 Å². The van der Waals surface area contributed by atoms with Crippen molar-refractivity contribution in [3.63, 3.8) is 0 Å². The maximum atomic E-state index is 11.8. The Morgan fingerprint density at radius 3 is 2.45 bits per heavy atom. The van der Waals surface area contributed by atoms with Crippen LogP contribution in [0.25, 0.3) is 0 Å². The largest absolute Gasteiger partial charge is 0.481 e. The molecule has 114 valence electrons. The van der Waals surface area contributed by atoms with E-state index in [0.717, 1.165) is 12.8 Å². The number of carbonyl (C=O) groups is 3. The third kappa shape index (κ3) is 4.83. The Balaban J connectivity index is 2.26. The Labute approximate surface area is 118 Å². The lowest BCUT2D eigenvalue weighted by Gasteiger charge is -2.22. The van der Waals surface area contributed by atoms with Crippen LogP contribution in [0.15, 0.2) is 0 Å². The van der Waals surface area contributed by atoms with Crippen LogP contribution in [-0.2, 0) is 19.1 Å². The van der Waals surface area contributed by atoms with Crippen molar-refractivity contribution in [1.29, 1.82) is 0 Å². The molecule has 2 N–H and O–H groups in total. The van der Waals surface area contributed by atoms with Crippen LogP contribution in [0, 0.1) is 5.41 Å². The van der Waals surface area contributed by atoms with E-state index in [2.05, 4.69) is 5.32 Å². The first kappa shape index (κ1) is 16.5. The van der Waals surface area contributed by atoms with Crippen LogP contribution in [0.2, 0.25) is 0 Å². The fourth-order valence-corrected chi connectivity index (χ4v) is 2.58. The summed E-state index contributed by atoms with van der Waals surface area (Å²) < 4.78 is 4.77. The molecule has 1 aliphatic carbocycles. The monoisotopic (exact) mass is 285 g/mol. The zero-order valence-corrected chi connectivity index (χ0v) is 11.9. The van der Waals surface area contributed by atoms with Crippen molar-refractivity contribution in [1.82, 2.24) is 5.32 Å². The zero-order chi connectivity index (χ0) is 15.0. The van der Waals surface area contributed by atoms with Gasteiger partial charge in [0.25, 0.3) is 0 Å². The molecule has 0 unspecified atom stereocenters. The highest BCUT2D eigenvalue weighted by atomic mass is 16.5. The van der Waals surface area contributed by atoms with Crippen LogP contribution in [0.5, 0.6) is 0 Å². The molecule has 1 aliphatic rings. The van der Waals surface area contributed by atoms with E-state index in [1.165, 1.54) is 0 Å². The van der Waals surface area contributed by atoms with E-state index in [1.807, 2.05) is 0 Å². The first-order chi connectivity index (χ1) is 9.50. The summed E-state index contributed by atoms with van der Waals surface area (Å²) >= 11 is 0. The van der Waals surface area contributed by atoms with Gasteiger partial charge >= 0.3 is 11.9 Å². The van der Waals surface area contributed by atoms with E-state index in [1.54, 1.807) is 6.92 Å². The molecular weight excluding hydrogens is 262 g/mol. The van der Waals surface area contributed by atoms with E-state index in [4.69, 9.17) is 4.74 Å². The second kappa shape index (κ2) is 7.87. The highest BCUT2D eigenvalue weighted by Gasteiger charge is 2.42. The van der Waals surface area contributed by atoms with Crippen molar-refractivity contribution >= 4 is 17.8 Å². The number of hydrogen-bond acceptors (Lipinski definition) is 4. The molecular formula is C14H23NO5. The summed E-state index contributed by atoms with van der Waals surface area (Å²) in [6.45, 7) is 2.46. The fourth-order valence-electron chi connectivity index (χ4n) is 2.58. The Hall–Kier alpha value is -1.59. The molecule has 0 saturated heterocycles. The molecule has 0 aromatic heterocycles. The lowest BCUT2D eigenvalue weighted by atomic mass is 9.82. The minimum absolute atomic E-state index is 0.0295. The highest BCUT2D eigenvalue weighted by molar-refractivity contribution is 5.85. The van der Waals surface area contributed by atoms with Gasteiger partial charge in [-0.2, -0.15) is 0 Å². The van der Waals surface area contributed by atoms with Gasteiger partial charge in [0.15, 0.2) is 0 Å². The summed E-state index contributed by atoms with van der Waals surface area (Å²) in [6.07, 6.45) is 3.66. The van der Waals surface area contributed by atoms with Crippen molar-refractivity contribution in [2.45, 2.75) is 51.9 Å². The van der Waals surface area contributed by atoms with Gasteiger partial charge in [-0.3, -0.25) is 14.4 Å². The number of amides is 1. The van der Waals surface area contributed by atoms with E-state index in [9.17, 15) is 19.5 Å². The van der Waals surface area contributed by atoms with Crippen molar-refractivity contribution in [2.75, 3.05) is 13.2 Å². The summed E-state index contributed by atoms with van der Waals surface area (Å²) in [7, 11) is 0. The third-order valence-electron chi connectivity index (χ3n) is 3.70. The van der Waals surface area contributed by atoms with Crippen LogP contribution in [0.1, 0.15) is 51.9 Å². The Bertz CT molecular complexity index is 361. The smallest absolute Gasteiger partial charge is 0.310 e. The summed E-state index contributed by atoms with van der Waals surface area (Å²) in [5.41, 5.74) is -0.884. The van der Waals surface area contributed by atoms with Gasteiger partial charge in [0.1, 0.15) is 0 Å². The van der Waals surface area contributed by atoms with Gasteiger partial charge in [0.2, 0.25) is 5.91 Å². The lowest BCUT2D eigenvalue weighted by molar-refractivity contribution is -0.151. The molecule has 20 heavy (non-hydrogen) atoms. The summed E-state index contributed by atoms with van der Waals surface area (Å²) in [5.74, 6) is -1.41. The molecule has 1 saturated carbocycles. The average molecular weight is 285 g/mol. The van der Waals surface area contributed by atoms with Gasteiger partial charge < -0.3 is 15.2 Å². The van der Waals surface area contributed by atoms with Crippen LogP contribution in [0.4, 0.5) is 0 Å². The molecule has 6 heteroatoms. The summed E-state index contributed by atoms with van der Waals surface area (Å²) in [6, 6.07) is 0. The summed E-state index contributed by atoms with van der Waals surface area (Å²) in [4.78, 5) is 34.2. The van der Waals surface area contributed by atoms with Crippen LogP contribution >= 0.6 is 0 Å². The van der Waals surface area contributed by atoms with Crippen LogP contribution in [-0.4, -0.2) is 36.1 Å². The maximum absolute atomic E-state index is 11.8. The van der Waals surface area contributed by atoms with E-state index in [0.29, 0.717) is 32.4 Å². The molecule has 0 aromatic rings. The fraction of sp³-hybridized carbons (Fsp3) is 0.786. The predicted molar refractivity (Wildman–Crippen MR) is 72.0 cm³/mol. The topological polar surface area (TPSA) is 92.7 Å². The summed E-state index contributed by atoms with van der Waals surface area (Å²) in [5, 5.41) is 12.0. The number of hydrogen-bond donors (Lipinski definition) is 2. The molecule has 0 heterocycles. The van der Waals surface area contributed by atoms with Crippen molar-refractivity contribution < 1.29 is 24.2 Å². The quantitative estimate of drug-likeness (QED) is 0.520. The number of carbonyl (C=O) groups excluding carboxylic acids is 2. The second-order valence-corrected chi connectivity index (χ2v) is 5.23. The van der Waals surface area contributed by atoms with Crippen molar-refractivity contribution in [2.24, 2.45) is 5.41 Å². The minimum Gasteiger partial charge on any atom is -0.481 e. The molecule has 0 bridgehead atoms. The van der Waals surface area contributed by atoms with Crippen LogP contribution in [0.3, 0.4) is 0 Å². The number of aliphatic carboxylic acids is 1.